The fourth-order valence-electron chi connectivity index (χ4n) is 2.72. The van der Waals surface area contributed by atoms with E-state index in [1.807, 2.05) is 4.90 Å². The second-order valence-electron chi connectivity index (χ2n) is 5.55. The number of nitrogens with zero attached hydrogens (tertiary/aromatic N) is 1. The van der Waals surface area contributed by atoms with E-state index < -0.39 is 0 Å². The molecular weight excluding hydrogens is 302 g/mol. The molecule has 1 aromatic rings. The number of likely N-dealkylation sites (tertiary alicyclic amines) is 1. The maximum atomic E-state index is 12.2. The molecule has 1 heterocycles. The lowest BCUT2D eigenvalue weighted by molar-refractivity contribution is -0.133. The number of amides is 2. The summed E-state index contributed by atoms with van der Waals surface area (Å²) in [6, 6.07) is 8.66. The third kappa shape index (κ3) is 5.00. The third-order valence-electron chi connectivity index (χ3n) is 3.91. The van der Waals surface area contributed by atoms with Gasteiger partial charge in [-0.25, -0.2) is 0 Å². The van der Waals surface area contributed by atoms with E-state index in [0.29, 0.717) is 0 Å². The minimum atomic E-state index is -0.294. The largest absolute Gasteiger partial charge is 0.346 e. The topological polar surface area (TPSA) is 75.4 Å². The van der Waals surface area contributed by atoms with Gasteiger partial charge in [0.05, 0.1) is 13.1 Å². The zero-order chi connectivity index (χ0) is 15.2. The first kappa shape index (κ1) is 18.5. The van der Waals surface area contributed by atoms with Gasteiger partial charge >= 0.3 is 0 Å². The quantitative estimate of drug-likeness (QED) is 0.849. The van der Waals surface area contributed by atoms with Crippen LogP contribution >= 0.6 is 12.4 Å². The Morgan fingerprint density at radius 1 is 1.32 bits per heavy atom. The number of benzene rings is 1. The highest BCUT2D eigenvalue weighted by atomic mass is 35.5. The molecule has 3 N–H and O–H groups in total. The maximum Gasteiger partial charge on any atom is 0.242 e. The number of carbonyl (C=O) groups is 2. The van der Waals surface area contributed by atoms with Gasteiger partial charge in [0.1, 0.15) is 0 Å². The lowest BCUT2D eigenvalue weighted by Crippen LogP contribution is -2.44. The highest BCUT2D eigenvalue weighted by Gasteiger charge is 2.28. The van der Waals surface area contributed by atoms with Crippen LogP contribution in [0.25, 0.3) is 0 Å². The summed E-state index contributed by atoms with van der Waals surface area (Å²) in [6.45, 7) is 2.80. The molecule has 2 amide bonds. The molecule has 22 heavy (non-hydrogen) atoms. The lowest BCUT2D eigenvalue weighted by atomic mass is 10.0. The van der Waals surface area contributed by atoms with Crippen LogP contribution in [-0.4, -0.2) is 42.4 Å². The van der Waals surface area contributed by atoms with Gasteiger partial charge in [0.25, 0.3) is 0 Å². The third-order valence-corrected chi connectivity index (χ3v) is 3.91. The van der Waals surface area contributed by atoms with E-state index in [2.05, 4.69) is 36.5 Å². The molecule has 0 saturated carbocycles. The molecule has 1 aliphatic rings. The number of halogens is 1. The molecule has 0 spiro atoms. The van der Waals surface area contributed by atoms with E-state index in [-0.39, 0.29) is 43.4 Å². The van der Waals surface area contributed by atoms with Crippen molar-refractivity contribution in [2.24, 2.45) is 5.73 Å². The highest BCUT2D eigenvalue weighted by Crippen LogP contribution is 2.21. The van der Waals surface area contributed by atoms with Gasteiger partial charge in [-0.05, 0) is 31.7 Å². The van der Waals surface area contributed by atoms with Crippen molar-refractivity contribution in [3.05, 3.63) is 35.4 Å². The van der Waals surface area contributed by atoms with Gasteiger partial charge in [0.15, 0.2) is 0 Å². The second-order valence-corrected chi connectivity index (χ2v) is 5.55. The number of rotatable bonds is 5. The molecule has 0 aliphatic carbocycles. The van der Waals surface area contributed by atoms with E-state index in [0.717, 1.165) is 25.8 Å². The first-order valence-corrected chi connectivity index (χ1v) is 7.42. The van der Waals surface area contributed by atoms with Gasteiger partial charge in [0, 0.05) is 12.6 Å². The van der Waals surface area contributed by atoms with Crippen molar-refractivity contribution in [2.45, 2.75) is 32.2 Å². The number of nitrogens with one attached hydrogen (secondary N) is 1. The fraction of sp³-hybridized carbons (Fsp3) is 0.500. The Balaban J connectivity index is 0.00000242. The average Bonchev–Trinajstić information content (AvgIpc) is 2.95. The molecule has 1 saturated heterocycles. The predicted octanol–water partition coefficient (Wildman–Crippen LogP) is 1.03. The molecule has 1 aliphatic heterocycles. The zero-order valence-corrected chi connectivity index (χ0v) is 13.7. The Bertz CT molecular complexity index is 505. The van der Waals surface area contributed by atoms with E-state index in [1.165, 1.54) is 11.1 Å². The van der Waals surface area contributed by atoms with Crippen LogP contribution in [0.15, 0.2) is 24.3 Å². The van der Waals surface area contributed by atoms with Gasteiger partial charge in [-0.1, -0.05) is 29.8 Å². The van der Waals surface area contributed by atoms with E-state index in [9.17, 15) is 9.59 Å². The van der Waals surface area contributed by atoms with Gasteiger partial charge in [0.2, 0.25) is 11.8 Å². The molecular formula is C16H24ClN3O2. The molecule has 0 aromatic heterocycles. The summed E-state index contributed by atoms with van der Waals surface area (Å²) in [5, 5.41) is 2.55. The molecule has 2 rings (SSSR count). The number of hydrogen-bond acceptors (Lipinski definition) is 3. The molecule has 122 valence electrons. The van der Waals surface area contributed by atoms with Crippen LogP contribution in [0, 0.1) is 6.92 Å². The molecule has 5 nitrogen and oxygen atoms in total. The molecule has 0 radical (unpaired) electrons. The Kier molecular flexibility index (Phi) is 7.35. The summed E-state index contributed by atoms with van der Waals surface area (Å²) >= 11 is 0. The van der Waals surface area contributed by atoms with Crippen LogP contribution in [0.5, 0.6) is 0 Å². The van der Waals surface area contributed by atoms with Crippen LogP contribution in [0.3, 0.4) is 0 Å². The monoisotopic (exact) mass is 325 g/mol. The van der Waals surface area contributed by atoms with Crippen LogP contribution in [-0.2, 0) is 16.0 Å². The molecule has 1 fully saturated rings. The molecule has 1 atom stereocenters. The van der Waals surface area contributed by atoms with Gasteiger partial charge in [-0.2, -0.15) is 0 Å². The van der Waals surface area contributed by atoms with E-state index in [1.54, 1.807) is 0 Å². The van der Waals surface area contributed by atoms with Crippen LogP contribution < -0.4 is 11.1 Å². The predicted molar refractivity (Wildman–Crippen MR) is 88.9 cm³/mol. The van der Waals surface area contributed by atoms with Crippen LogP contribution in [0.1, 0.15) is 24.0 Å². The van der Waals surface area contributed by atoms with Crippen molar-refractivity contribution >= 4 is 24.2 Å². The first-order valence-electron chi connectivity index (χ1n) is 7.42. The Morgan fingerprint density at radius 2 is 2.00 bits per heavy atom. The standard InChI is InChI=1S/C16H23N3O2.ClH/c1-12-4-6-13(7-5-12)9-14-3-2-8-19(14)16(21)11-18-15(20)10-17;/h4-7,14H,2-3,8-11,17H2,1H3,(H,18,20);1H. The summed E-state index contributed by atoms with van der Waals surface area (Å²) in [5.74, 6) is -0.316. The summed E-state index contributed by atoms with van der Waals surface area (Å²) in [6.07, 6.45) is 2.91. The van der Waals surface area contributed by atoms with Gasteiger partial charge in [-0.15, -0.1) is 12.4 Å². The first-order chi connectivity index (χ1) is 10.1. The van der Waals surface area contributed by atoms with E-state index in [4.69, 9.17) is 5.73 Å². The van der Waals surface area contributed by atoms with Crippen molar-refractivity contribution in [3.63, 3.8) is 0 Å². The van der Waals surface area contributed by atoms with Crippen LogP contribution in [0.2, 0.25) is 0 Å². The average molecular weight is 326 g/mol. The number of carbonyl (C=O) groups excluding carboxylic acids is 2. The van der Waals surface area contributed by atoms with E-state index >= 15 is 0 Å². The highest BCUT2D eigenvalue weighted by molar-refractivity contribution is 5.86. The Labute approximate surface area is 137 Å². The van der Waals surface area contributed by atoms with Crippen molar-refractivity contribution < 1.29 is 9.59 Å². The van der Waals surface area contributed by atoms with Crippen LogP contribution in [0.4, 0.5) is 0 Å². The van der Waals surface area contributed by atoms with Crippen molar-refractivity contribution in [1.29, 1.82) is 0 Å². The molecule has 6 heteroatoms. The summed E-state index contributed by atoms with van der Waals surface area (Å²) in [5.41, 5.74) is 7.70. The Hall–Kier alpha value is -1.59. The zero-order valence-electron chi connectivity index (χ0n) is 12.9. The minimum Gasteiger partial charge on any atom is -0.346 e. The van der Waals surface area contributed by atoms with Crippen molar-refractivity contribution in [3.8, 4) is 0 Å². The van der Waals surface area contributed by atoms with Gasteiger partial charge < -0.3 is 16.0 Å². The minimum absolute atomic E-state index is 0. The summed E-state index contributed by atoms with van der Waals surface area (Å²) < 4.78 is 0. The number of hydrogen-bond donors (Lipinski definition) is 2. The maximum absolute atomic E-state index is 12.2. The normalized spacial score (nSPS) is 17.0. The second kappa shape index (κ2) is 8.76. The lowest BCUT2D eigenvalue weighted by Gasteiger charge is -2.25. The van der Waals surface area contributed by atoms with Crippen molar-refractivity contribution in [1.82, 2.24) is 10.2 Å². The fourth-order valence-corrected chi connectivity index (χ4v) is 2.72. The SMILES string of the molecule is Cc1ccc(CC2CCCN2C(=O)CNC(=O)CN)cc1.Cl. The smallest absolute Gasteiger partial charge is 0.242 e. The molecule has 0 bridgehead atoms. The number of nitrogens with two attached hydrogens (primary N) is 1. The van der Waals surface area contributed by atoms with Gasteiger partial charge in [-0.3, -0.25) is 9.59 Å². The molecule has 1 aromatic carbocycles. The number of aryl methyl sites for hydroxylation is 1. The molecule has 1 unspecified atom stereocenters. The van der Waals surface area contributed by atoms with Crippen molar-refractivity contribution in [2.75, 3.05) is 19.6 Å². The summed E-state index contributed by atoms with van der Waals surface area (Å²) in [7, 11) is 0. The Morgan fingerprint density at radius 3 is 2.64 bits per heavy atom. The summed E-state index contributed by atoms with van der Waals surface area (Å²) in [4.78, 5) is 25.2.